The lowest BCUT2D eigenvalue weighted by molar-refractivity contribution is 0.599. The van der Waals surface area contributed by atoms with Crippen molar-refractivity contribution in [3.63, 3.8) is 0 Å². The molecule has 1 radical (unpaired) electrons. The lowest BCUT2D eigenvalue weighted by atomic mass is 10.1. The Bertz CT molecular complexity index is 580. The minimum Gasteiger partial charge on any atom is -0.224 e. The van der Waals surface area contributed by atoms with Crippen molar-refractivity contribution in [2.45, 2.75) is 4.90 Å². The smallest absolute Gasteiger partial charge is 0.178 e. The molecule has 0 aliphatic rings. The summed E-state index contributed by atoms with van der Waals surface area (Å²) in [4.78, 5) is 0.371. The molecule has 0 aliphatic carbocycles. The Morgan fingerprint density at radius 3 is 2.40 bits per heavy atom. The van der Waals surface area contributed by atoms with Crippen LogP contribution in [0.1, 0.15) is 0 Å². The van der Waals surface area contributed by atoms with Crippen LogP contribution in [-0.4, -0.2) is 14.2 Å². The standard InChI is InChI=1S/C12H11O2S/c1-2-15(13,14)12-9-5-7-10-6-3-4-8-11(10)12/h3-9H,1-2H2. The molecule has 0 spiro atoms. The van der Waals surface area contributed by atoms with E-state index in [-0.39, 0.29) is 5.75 Å². The van der Waals surface area contributed by atoms with E-state index < -0.39 is 9.84 Å². The number of fused-ring (bicyclic) bond motifs is 1. The van der Waals surface area contributed by atoms with Crippen LogP contribution in [0.25, 0.3) is 10.8 Å². The first kappa shape index (κ1) is 10.2. The number of hydrogen-bond donors (Lipinski definition) is 0. The largest absolute Gasteiger partial charge is 0.224 e. The van der Waals surface area contributed by atoms with Crippen LogP contribution >= 0.6 is 0 Å². The van der Waals surface area contributed by atoms with E-state index in [1.54, 1.807) is 12.1 Å². The molecule has 0 bridgehead atoms. The lowest BCUT2D eigenvalue weighted by Gasteiger charge is -2.05. The summed E-state index contributed by atoms with van der Waals surface area (Å²) < 4.78 is 23.5. The first-order valence-electron chi connectivity index (χ1n) is 4.65. The molecular weight excluding hydrogens is 208 g/mol. The van der Waals surface area contributed by atoms with Crippen molar-refractivity contribution in [2.24, 2.45) is 0 Å². The van der Waals surface area contributed by atoms with Crippen molar-refractivity contribution in [3.05, 3.63) is 49.4 Å². The van der Waals surface area contributed by atoms with Gasteiger partial charge in [-0.3, -0.25) is 0 Å². The molecule has 15 heavy (non-hydrogen) atoms. The van der Waals surface area contributed by atoms with Crippen LogP contribution in [0, 0.1) is 6.92 Å². The highest BCUT2D eigenvalue weighted by Gasteiger charge is 2.14. The molecule has 0 fully saturated rings. The van der Waals surface area contributed by atoms with Gasteiger partial charge in [0, 0.05) is 5.39 Å². The summed E-state index contributed by atoms with van der Waals surface area (Å²) in [6, 6.07) is 12.7. The molecule has 0 heterocycles. The fourth-order valence-electron chi connectivity index (χ4n) is 1.58. The summed E-state index contributed by atoms with van der Waals surface area (Å²) in [5.74, 6) is -0.110. The molecule has 0 N–H and O–H groups in total. The molecule has 0 saturated carbocycles. The number of sulfone groups is 1. The summed E-state index contributed by atoms with van der Waals surface area (Å²) in [7, 11) is -3.24. The van der Waals surface area contributed by atoms with E-state index >= 15 is 0 Å². The number of rotatable bonds is 2. The molecule has 0 aliphatic heterocycles. The Labute approximate surface area is 89.5 Å². The van der Waals surface area contributed by atoms with Gasteiger partial charge in [0.15, 0.2) is 9.84 Å². The van der Waals surface area contributed by atoms with Crippen molar-refractivity contribution in [1.82, 2.24) is 0 Å². The summed E-state index contributed by atoms with van der Waals surface area (Å²) >= 11 is 0. The average Bonchev–Trinajstić information content (AvgIpc) is 2.28. The van der Waals surface area contributed by atoms with Crippen LogP contribution in [0.3, 0.4) is 0 Å². The van der Waals surface area contributed by atoms with E-state index in [2.05, 4.69) is 6.92 Å². The van der Waals surface area contributed by atoms with Crippen molar-refractivity contribution in [2.75, 3.05) is 5.75 Å². The maximum Gasteiger partial charge on any atom is 0.178 e. The van der Waals surface area contributed by atoms with Crippen LogP contribution in [0.15, 0.2) is 47.4 Å². The summed E-state index contributed by atoms with van der Waals surface area (Å²) in [5.41, 5.74) is 0. The highest BCUT2D eigenvalue weighted by Crippen LogP contribution is 2.23. The molecule has 0 atom stereocenters. The molecule has 0 amide bonds. The molecule has 77 valence electrons. The van der Waals surface area contributed by atoms with E-state index in [4.69, 9.17) is 0 Å². The van der Waals surface area contributed by atoms with E-state index in [9.17, 15) is 8.42 Å². The summed E-state index contributed by atoms with van der Waals surface area (Å²) in [6.45, 7) is 3.45. The van der Waals surface area contributed by atoms with Gasteiger partial charge in [-0.15, -0.1) is 0 Å². The van der Waals surface area contributed by atoms with Gasteiger partial charge in [-0.25, -0.2) is 8.42 Å². The van der Waals surface area contributed by atoms with Crippen molar-refractivity contribution < 1.29 is 8.42 Å². The zero-order valence-electron chi connectivity index (χ0n) is 8.18. The van der Waals surface area contributed by atoms with E-state index in [0.717, 1.165) is 10.8 Å². The van der Waals surface area contributed by atoms with Gasteiger partial charge in [-0.2, -0.15) is 0 Å². The number of benzene rings is 2. The summed E-state index contributed by atoms with van der Waals surface area (Å²) in [6.07, 6.45) is 0. The van der Waals surface area contributed by atoms with Gasteiger partial charge in [0.2, 0.25) is 0 Å². The van der Waals surface area contributed by atoms with Crippen molar-refractivity contribution in [3.8, 4) is 0 Å². The third-order valence-electron chi connectivity index (χ3n) is 2.35. The van der Waals surface area contributed by atoms with Gasteiger partial charge in [0.1, 0.15) is 0 Å². The highest BCUT2D eigenvalue weighted by molar-refractivity contribution is 7.91. The predicted molar refractivity (Wildman–Crippen MR) is 61.4 cm³/mol. The Kier molecular flexibility index (Phi) is 2.49. The first-order chi connectivity index (χ1) is 7.15. The third kappa shape index (κ3) is 1.75. The minimum absolute atomic E-state index is 0.110. The average molecular weight is 219 g/mol. The second kappa shape index (κ2) is 3.66. The van der Waals surface area contributed by atoms with Crippen molar-refractivity contribution in [1.29, 1.82) is 0 Å². The van der Waals surface area contributed by atoms with E-state index in [1.807, 2.05) is 30.3 Å². The molecule has 2 aromatic rings. The van der Waals surface area contributed by atoms with Crippen LogP contribution in [0.5, 0.6) is 0 Å². The molecule has 2 rings (SSSR count). The predicted octanol–water partition coefficient (Wildman–Crippen LogP) is 2.45. The molecule has 0 unspecified atom stereocenters. The normalized spacial score (nSPS) is 11.8. The minimum atomic E-state index is -3.24. The SMILES string of the molecule is [CH2]CS(=O)(=O)c1cccc2ccccc12. The van der Waals surface area contributed by atoms with Gasteiger partial charge >= 0.3 is 0 Å². The van der Waals surface area contributed by atoms with Crippen LogP contribution in [-0.2, 0) is 9.84 Å². The fraction of sp³-hybridized carbons (Fsp3) is 0.0833. The second-order valence-corrected chi connectivity index (χ2v) is 5.37. The Morgan fingerprint density at radius 2 is 1.67 bits per heavy atom. The first-order valence-corrected chi connectivity index (χ1v) is 6.30. The van der Waals surface area contributed by atoms with Gasteiger partial charge in [-0.05, 0) is 18.4 Å². The van der Waals surface area contributed by atoms with Gasteiger partial charge in [0.05, 0.1) is 10.6 Å². The van der Waals surface area contributed by atoms with Crippen molar-refractivity contribution >= 4 is 20.6 Å². The zero-order valence-corrected chi connectivity index (χ0v) is 9.00. The molecular formula is C12H11O2S. The zero-order chi connectivity index (χ0) is 10.9. The molecule has 0 saturated heterocycles. The monoisotopic (exact) mass is 219 g/mol. The maximum absolute atomic E-state index is 11.8. The fourth-order valence-corrected chi connectivity index (χ4v) is 2.60. The molecule has 2 nitrogen and oxygen atoms in total. The third-order valence-corrected chi connectivity index (χ3v) is 3.92. The Balaban J connectivity index is 2.83. The van der Waals surface area contributed by atoms with Crippen LogP contribution in [0.4, 0.5) is 0 Å². The van der Waals surface area contributed by atoms with Crippen LogP contribution < -0.4 is 0 Å². The topological polar surface area (TPSA) is 34.1 Å². The second-order valence-electron chi connectivity index (χ2n) is 3.30. The Hall–Kier alpha value is -1.35. The highest BCUT2D eigenvalue weighted by atomic mass is 32.2. The quantitative estimate of drug-likeness (QED) is 0.777. The van der Waals surface area contributed by atoms with Crippen LogP contribution in [0.2, 0.25) is 0 Å². The summed E-state index contributed by atoms with van der Waals surface area (Å²) in [5, 5.41) is 1.70. The molecule has 2 aromatic carbocycles. The lowest BCUT2D eigenvalue weighted by Crippen LogP contribution is -2.04. The van der Waals surface area contributed by atoms with E-state index in [0.29, 0.717) is 4.90 Å². The maximum atomic E-state index is 11.8. The van der Waals surface area contributed by atoms with Gasteiger partial charge in [-0.1, -0.05) is 36.4 Å². The van der Waals surface area contributed by atoms with Gasteiger partial charge < -0.3 is 0 Å². The number of hydrogen-bond acceptors (Lipinski definition) is 2. The molecule has 3 heteroatoms. The Morgan fingerprint density at radius 1 is 1.00 bits per heavy atom. The van der Waals surface area contributed by atoms with Gasteiger partial charge in [0.25, 0.3) is 0 Å². The van der Waals surface area contributed by atoms with E-state index in [1.165, 1.54) is 0 Å². The molecule has 0 aromatic heterocycles.